The highest BCUT2D eigenvalue weighted by Gasteiger charge is 2.16. The summed E-state index contributed by atoms with van der Waals surface area (Å²) in [6.45, 7) is 1.70. The highest BCUT2D eigenvalue weighted by Crippen LogP contribution is 2.27. The van der Waals surface area contributed by atoms with Crippen molar-refractivity contribution in [3.05, 3.63) is 41.4 Å². The molecular weight excluding hydrogens is 238 g/mol. The van der Waals surface area contributed by atoms with E-state index in [4.69, 9.17) is 5.11 Å². The van der Waals surface area contributed by atoms with Gasteiger partial charge in [-0.2, -0.15) is 0 Å². The summed E-state index contributed by atoms with van der Waals surface area (Å²) in [7, 11) is 1.73. The van der Waals surface area contributed by atoms with Crippen molar-refractivity contribution in [3.8, 4) is 11.3 Å². The summed E-state index contributed by atoms with van der Waals surface area (Å²) in [6, 6.07) is 3.34. The van der Waals surface area contributed by atoms with Crippen LogP contribution in [-0.4, -0.2) is 21.3 Å². The predicted molar refractivity (Wildman–Crippen MR) is 64.1 cm³/mol. The average Bonchev–Trinajstić information content (AvgIpc) is 2.59. The number of rotatable bonds is 3. The Morgan fingerprint density at radius 2 is 2.06 bits per heavy atom. The van der Waals surface area contributed by atoms with E-state index < -0.39 is 11.6 Å². The minimum Gasteiger partial charge on any atom is -0.396 e. The topological polar surface area (TPSA) is 38.1 Å². The molecule has 0 unspecified atom stereocenters. The van der Waals surface area contributed by atoms with Gasteiger partial charge in [0.25, 0.3) is 0 Å². The molecule has 1 aromatic carbocycles. The second-order valence-corrected chi connectivity index (χ2v) is 4.12. The number of hydrogen-bond donors (Lipinski definition) is 1. The van der Waals surface area contributed by atoms with Crippen LogP contribution in [0.2, 0.25) is 0 Å². The van der Waals surface area contributed by atoms with Crippen molar-refractivity contribution in [2.24, 2.45) is 7.05 Å². The van der Waals surface area contributed by atoms with Crippen molar-refractivity contribution < 1.29 is 13.9 Å². The lowest BCUT2D eigenvalue weighted by molar-refractivity contribution is 0.295. The van der Waals surface area contributed by atoms with Crippen molar-refractivity contribution in [1.82, 2.24) is 9.55 Å². The third-order valence-corrected chi connectivity index (χ3v) is 2.88. The zero-order valence-electron chi connectivity index (χ0n) is 10.2. The molecule has 5 heteroatoms. The van der Waals surface area contributed by atoms with Crippen molar-refractivity contribution >= 4 is 0 Å². The van der Waals surface area contributed by atoms with E-state index in [0.717, 1.165) is 18.2 Å². The standard InChI is InChI=1S/C13H14F2N2O/c1-8-13(17(2)12(16-8)5-6-18)10-7-9(14)3-4-11(10)15/h3-4,7,18H,5-6H2,1-2H3. The Morgan fingerprint density at radius 3 is 2.72 bits per heavy atom. The van der Waals surface area contributed by atoms with E-state index in [0.29, 0.717) is 23.6 Å². The van der Waals surface area contributed by atoms with Crippen LogP contribution in [0, 0.1) is 18.6 Å². The molecule has 0 aliphatic rings. The largest absolute Gasteiger partial charge is 0.396 e. The van der Waals surface area contributed by atoms with E-state index in [1.165, 1.54) is 0 Å². The minimum atomic E-state index is -0.490. The lowest BCUT2D eigenvalue weighted by Crippen LogP contribution is -2.03. The van der Waals surface area contributed by atoms with E-state index >= 15 is 0 Å². The van der Waals surface area contributed by atoms with Gasteiger partial charge in [-0.15, -0.1) is 0 Å². The van der Waals surface area contributed by atoms with Crippen molar-refractivity contribution in [2.75, 3.05) is 6.61 Å². The zero-order chi connectivity index (χ0) is 13.3. The number of benzene rings is 1. The first kappa shape index (κ1) is 12.7. The molecule has 1 aromatic heterocycles. The molecule has 0 amide bonds. The second kappa shape index (κ2) is 4.86. The molecule has 0 saturated heterocycles. The molecule has 18 heavy (non-hydrogen) atoms. The second-order valence-electron chi connectivity index (χ2n) is 4.12. The number of imidazole rings is 1. The fourth-order valence-electron chi connectivity index (χ4n) is 2.07. The van der Waals surface area contributed by atoms with Crippen LogP contribution in [0.15, 0.2) is 18.2 Å². The number of aromatic nitrogens is 2. The molecule has 0 radical (unpaired) electrons. The number of hydrogen-bond acceptors (Lipinski definition) is 2. The molecule has 0 aliphatic heterocycles. The molecule has 0 bridgehead atoms. The van der Waals surface area contributed by atoms with Crippen LogP contribution in [0.1, 0.15) is 11.5 Å². The van der Waals surface area contributed by atoms with Crippen LogP contribution < -0.4 is 0 Å². The summed E-state index contributed by atoms with van der Waals surface area (Å²) >= 11 is 0. The molecule has 1 heterocycles. The molecule has 0 fully saturated rings. The first-order chi connectivity index (χ1) is 8.54. The maximum absolute atomic E-state index is 13.8. The molecule has 0 saturated carbocycles. The Bertz CT molecular complexity index is 579. The van der Waals surface area contributed by atoms with Gasteiger partial charge < -0.3 is 9.67 Å². The Balaban J connectivity index is 2.60. The van der Waals surface area contributed by atoms with Crippen LogP contribution in [0.25, 0.3) is 11.3 Å². The lowest BCUT2D eigenvalue weighted by Gasteiger charge is -2.07. The number of nitrogens with zero attached hydrogens (tertiary/aromatic N) is 2. The van der Waals surface area contributed by atoms with Gasteiger partial charge in [-0.05, 0) is 25.1 Å². The van der Waals surface area contributed by atoms with E-state index in [1.807, 2.05) is 0 Å². The van der Waals surface area contributed by atoms with Crippen LogP contribution in [0.4, 0.5) is 8.78 Å². The van der Waals surface area contributed by atoms with Crippen LogP contribution >= 0.6 is 0 Å². The van der Waals surface area contributed by atoms with Crippen molar-refractivity contribution in [2.45, 2.75) is 13.3 Å². The Morgan fingerprint density at radius 1 is 1.33 bits per heavy atom. The SMILES string of the molecule is Cc1nc(CCO)n(C)c1-c1cc(F)ccc1F. The summed E-state index contributed by atoms with van der Waals surface area (Å²) < 4.78 is 28.7. The quantitative estimate of drug-likeness (QED) is 0.909. The Kier molecular flexibility index (Phi) is 3.43. The monoisotopic (exact) mass is 252 g/mol. The highest BCUT2D eigenvalue weighted by atomic mass is 19.1. The summed E-state index contributed by atoms with van der Waals surface area (Å²) in [5.74, 6) is -0.331. The number of halogens is 2. The predicted octanol–water partition coefficient (Wildman–Crippen LogP) is 2.21. The first-order valence-corrected chi connectivity index (χ1v) is 5.63. The number of aryl methyl sites for hydroxylation is 1. The van der Waals surface area contributed by atoms with E-state index in [2.05, 4.69) is 4.98 Å². The summed E-state index contributed by atoms with van der Waals surface area (Å²) in [4.78, 5) is 4.26. The first-order valence-electron chi connectivity index (χ1n) is 5.63. The molecule has 3 nitrogen and oxygen atoms in total. The zero-order valence-corrected chi connectivity index (χ0v) is 10.2. The highest BCUT2D eigenvalue weighted by molar-refractivity contribution is 5.63. The van der Waals surface area contributed by atoms with Crippen molar-refractivity contribution in [1.29, 1.82) is 0 Å². The summed E-state index contributed by atoms with van der Waals surface area (Å²) in [5, 5.41) is 8.93. The summed E-state index contributed by atoms with van der Waals surface area (Å²) in [5.41, 5.74) is 1.34. The Labute approximate surface area is 104 Å². The van der Waals surface area contributed by atoms with Gasteiger partial charge in [0.05, 0.1) is 18.0 Å². The summed E-state index contributed by atoms with van der Waals surface area (Å²) in [6.07, 6.45) is 0.383. The third-order valence-electron chi connectivity index (χ3n) is 2.88. The van der Waals surface area contributed by atoms with Gasteiger partial charge in [-0.3, -0.25) is 0 Å². The molecule has 0 aliphatic carbocycles. The van der Waals surface area contributed by atoms with Gasteiger partial charge in [-0.25, -0.2) is 13.8 Å². The van der Waals surface area contributed by atoms with Crippen LogP contribution in [0.5, 0.6) is 0 Å². The van der Waals surface area contributed by atoms with E-state index in [1.54, 1.807) is 18.5 Å². The normalized spacial score (nSPS) is 10.9. The van der Waals surface area contributed by atoms with Crippen LogP contribution in [-0.2, 0) is 13.5 Å². The molecule has 0 spiro atoms. The van der Waals surface area contributed by atoms with Gasteiger partial charge in [0.1, 0.15) is 17.5 Å². The van der Waals surface area contributed by atoms with Gasteiger partial charge in [0.15, 0.2) is 0 Å². The van der Waals surface area contributed by atoms with Crippen LogP contribution in [0.3, 0.4) is 0 Å². The average molecular weight is 252 g/mol. The Hall–Kier alpha value is -1.75. The number of aliphatic hydroxyl groups excluding tert-OH is 1. The maximum Gasteiger partial charge on any atom is 0.132 e. The molecule has 0 atom stereocenters. The van der Waals surface area contributed by atoms with Gasteiger partial charge in [-0.1, -0.05) is 0 Å². The fourth-order valence-corrected chi connectivity index (χ4v) is 2.07. The molecule has 2 aromatic rings. The van der Waals surface area contributed by atoms with Crippen molar-refractivity contribution in [3.63, 3.8) is 0 Å². The maximum atomic E-state index is 13.8. The van der Waals surface area contributed by atoms with Gasteiger partial charge >= 0.3 is 0 Å². The molecule has 1 N–H and O–H groups in total. The van der Waals surface area contributed by atoms with Gasteiger partial charge in [0.2, 0.25) is 0 Å². The smallest absolute Gasteiger partial charge is 0.132 e. The van der Waals surface area contributed by atoms with Gasteiger partial charge in [0, 0.05) is 19.0 Å². The third kappa shape index (κ3) is 2.13. The van der Waals surface area contributed by atoms with E-state index in [9.17, 15) is 8.78 Å². The minimum absolute atomic E-state index is 0.0324. The number of aliphatic hydroxyl groups is 1. The molecular formula is C13H14F2N2O. The molecule has 2 rings (SSSR count). The molecule has 96 valence electrons. The fraction of sp³-hybridized carbons (Fsp3) is 0.308. The lowest BCUT2D eigenvalue weighted by atomic mass is 10.1. The van der Waals surface area contributed by atoms with E-state index in [-0.39, 0.29) is 12.2 Å².